The summed E-state index contributed by atoms with van der Waals surface area (Å²) < 4.78 is 3.12. The molecule has 0 saturated carbocycles. The molecule has 6 nitrogen and oxygen atoms in total. The zero-order chi connectivity index (χ0) is 16.9. The topological polar surface area (TPSA) is 73.1 Å². The molecule has 1 aromatic heterocycles. The van der Waals surface area contributed by atoms with Crippen LogP contribution in [0.1, 0.15) is 49.8 Å². The van der Waals surface area contributed by atoms with E-state index in [1.807, 2.05) is 13.0 Å². The third kappa shape index (κ3) is 2.38. The molecule has 2 heterocycles. The quantitative estimate of drug-likeness (QED) is 0.858. The van der Waals surface area contributed by atoms with Crippen LogP contribution < -0.4 is 11.0 Å². The Labute approximate surface area is 134 Å². The lowest BCUT2D eigenvalue weighted by molar-refractivity contribution is -0.135. The van der Waals surface area contributed by atoms with E-state index in [1.165, 1.54) is 4.57 Å². The van der Waals surface area contributed by atoms with Gasteiger partial charge in [-0.15, -0.1) is 0 Å². The number of hydrogen-bond donors (Lipinski definition) is 1. The molecular formula is C17H21N3O3. The number of nitrogens with one attached hydrogen (secondary N) is 1. The predicted molar refractivity (Wildman–Crippen MR) is 87.4 cm³/mol. The first kappa shape index (κ1) is 15.5. The predicted octanol–water partition coefficient (Wildman–Crippen LogP) is 1.75. The highest BCUT2D eigenvalue weighted by atomic mass is 16.2. The van der Waals surface area contributed by atoms with Gasteiger partial charge in [0.15, 0.2) is 0 Å². The Hall–Kier alpha value is -2.37. The van der Waals surface area contributed by atoms with Crippen molar-refractivity contribution < 1.29 is 9.59 Å². The summed E-state index contributed by atoms with van der Waals surface area (Å²) in [6.07, 6.45) is 0.608. The largest absolute Gasteiger partial charge is 0.329 e. The van der Waals surface area contributed by atoms with E-state index in [9.17, 15) is 14.4 Å². The molecule has 2 aromatic rings. The van der Waals surface area contributed by atoms with Crippen LogP contribution >= 0.6 is 0 Å². The molecule has 0 aliphatic carbocycles. The van der Waals surface area contributed by atoms with E-state index in [1.54, 1.807) is 11.6 Å². The summed E-state index contributed by atoms with van der Waals surface area (Å²) in [5, 5.41) is 2.33. The van der Waals surface area contributed by atoms with Gasteiger partial charge in [0.1, 0.15) is 6.04 Å². The summed E-state index contributed by atoms with van der Waals surface area (Å²) in [5.74, 6) is -0.356. The third-order valence-corrected chi connectivity index (χ3v) is 4.58. The van der Waals surface area contributed by atoms with Gasteiger partial charge < -0.3 is 0 Å². The number of carbonyl (C=O) groups excluding carboxylic acids is 2. The maximum atomic E-state index is 12.7. The highest BCUT2D eigenvalue weighted by molar-refractivity contribution is 6.00. The van der Waals surface area contributed by atoms with Crippen molar-refractivity contribution >= 4 is 22.8 Å². The van der Waals surface area contributed by atoms with Gasteiger partial charge in [0, 0.05) is 13.5 Å². The first-order chi connectivity index (χ1) is 10.8. The number of imide groups is 1. The molecule has 122 valence electrons. The van der Waals surface area contributed by atoms with E-state index in [2.05, 4.69) is 25.2 Å². The lowest BCUT2D eigenvalue weighted by atomic mass is 9.99. The fraction of sp³-hybridized carbons (Fsp3) is 0.471. The van der Waals surface area contributed by atoms with Crippen molar-refractivity contribution in [1.82, 2.24) is 14.5 Å². The number of nitrogens with zero attached hydrogens (tertiary/aromatic N) is 2. The maximum absolute atomic E-state index is 12.7. The Morgan fingerprint density at radius 2 is 1.91 bits per heavy atom. The van der Waals surface area contributed by atoms with E-state index in [-0.39, 0.29) is 18.0 Å². The van der Waals surface area contributed by atoms with Gasteiger partial charge in [-0.1, -0.05) is 19.9 Å². The van der Waals surface area contributed by atoms with E-state index in [0.29, 0.717) is 12.3 Å². The van der Waals surface area contributed by atoms with E-state index in [0.717, 1.165) is 22.2 Å². The molecule has 3 rings (SSSR count). The number of piperidine rings is 1. The van der Waals surface area contributed by atoms with Gasteiger partial charge in [0.05, 0.1) is 11.0 Å². The van der Waals surface area contributed by atoms with Crippen LogP contribution in [0.4, 0.5) is 0 Å². The Morgan fingerprint density at radius 1 is 1.22 bits per heavy atom. The number of amides is 2. The summed E-state index contributed by atoms with van der Waals surface area (Å²) in [6, 6.07) is 3.44. The van der Waals surface area contributed by atoms with Crippen molar-refractivity contribution in [2.75, 3.05) is 0 Å². The minimum Gasteiger partial charge on any atom is -0.295 e. The summed E-state index contributed by atoms with van der Waals surface area (Å²) in [4.78, 5) is 36.3. The second-order valence-electron chi connectivity index (χ2n) is 6.54. The molecule has 2 amide bonds. The van der Waals surface area contributed by atoms with Gasteiger partial charge in [-0.2, -0.15) is 0 Å². The van der Waals surface area contributed by atoms with Crippen LogP contribution in [0.15, 0.2) is 16.9 Å². The highest BCUT2D eigenvalue weighted by Crippen LogP contribution is 2.28. The zero-order valence-corrected chi connectivity index (χ0v) is 13.8. The summed E-state index contributed by atoms with van der Waals surface area (Å²) >= 11 is 0. The monoisotopic (exact) mass is 315 g/mol. The van der Waals surface area contributed by atoms with Crippen molar-refractivity contribution in [2.45, 2.75) is 45.6 Å². The number of benzene rings is 1. The van der Waals surface area contributed by atoms with Crippen LogP contribution in [0.3, 0.4) is 0 Å². The van der Waals surface area contributed by atoms with E-state index in [4.69, 9.17) is 0 Å². The second-order valence-corrected chi connectivity index (χ2v) is 6.54. The molecule has 1 unspecified atom stereocenters. The molecule has 0 bridgehead atoms. The van der Waals surface area contributed by atoms with Gasteiger partial charge in [0.2, 0.25) is 11.8 Å². The van der Waals surface area contributed by atoms with Crippen LogP contribution in [-0.2, 0) is 16.6 Å². The molecular weight excluding hydrogens is 294 g/mol. The summed E-state index contributed by atoms with van der Waals surface area (Å²) in [6.45, 7) is 6.17. The summed E-state index contributed by atoms with van der Waals surface area (Å²) in [5.41, 5.74) is 3.51. The molecule has 6 heteroatoms. The van der Waals surface area contributed by atoms with Gasteiger partial charge >= 0.3 is 5.69 Å². The van der Waals surface area contributed by atoms with Crippen molar-refractivity contribution in [2.24, 2.45) is 7.05 Å². The second kappa shape index (κ2) is 5.37. The minimum absolute atomic E-state index is 0.224. The Bertz CT molecular complexity index is 873. The maximum Gasteiger partial charge on any atom is 0.329 e. The van der Waals surface area contributed by atoms with Gasteiger partial charge in [0.25, 0.3) is 0 Å². The standard InChI is InChI=1S/C17H21N3O3/c1-9(2)11-7-10(3)15-13(8-11)20(17(23)19(15)4)12-5-6-14(21)18-16(12)22/h7-9,12H,5-6H2,1-4H3,(H,18,21,22). The number of carbonyl (C=O) groups is 2. The Morgan fingerprint density at radius 3 is 2.52 bits per heavy atom. The molecule has 0 spiro atoms. The fourth-order valence-electron chi connectivity index (χ4n) is 3.33. The smallest absolute Gasteiger partial charge is 0.295 e. The first-order valence-electron chi connectivity index (χ1n) is 7.86. The zero-order valence-electron chi connectivity index (χ0n) is 13.8. The molecule has 1 aliphatic heterocycles. The summed E-state index contributed by atoms with van der Waals surface area (Å²) in [7, 11) is 1.72. The number of hydrogen-bond acceptors (Lipinski definition) is 3. The van der Waals surface area contributed by atoms with Crippen molar-refractivity contribution in [3.63, 3.8) is 0 Å². The van der Waals surface area contributed by atoms with E-state index < -0.39 is 11.9 Å². The van der Waals surface area contributed by atoms with Gasteiger partial charge in [-0.25, -0.2) is 4.79 Å². The third-order valence-electron chi connectivity index (χ3n) is 4.58. The van der Waals surface area contributed by atoms with Crippen molar-refractivity contribution in [3.05, 3.63) is 33.7 Å². The van der Waals surface area contributed by atoms with Crippen LogP contribution in [0, 0.1) is 6.92 Å². The minimum atomic E-state index is -0.634. The number of imidazole rings is 1. The number of aromatic nitrogens is 2. The van der Waals surface area contributed by atoms with Gasteiger partial charge in [-0.05, 0) is 36.5 Å². The SMILES string of the molecule is Cc1cc(C(C)C)cc2c1n(C)c(=O)n2C1CCC(=O)NC1=O. The van der Waals surface area contributed by atoms with Gasteiger partial charge in [-0.3, -0.25) is 24.0 Å². The molecule has 0 radical (unpaired) electrons. The Balaban J connectivity index is 2.28. The molecule has 1 N–H and O–H groups in total. The number of rotatable bonds is 2. The molecule has 1 fully saturated rings. The average Bonchev–Trinajstić information content (AvgIpc) is 2.72. The van der Waals surface area contributed by atoms with Crippen LogP contribution in [0.5, 0.6) is 0 Å². The molecule has 1 atom stereocenters. The van der Waals surface area contributed by atoms with Crippen LogP contribution in [-0.4, -0.2) is 20.9 Å². The molecule has 1 saturated heterocycles. The van der Waals surface area contributed by atoms with Crippen LogP contribution in [0.2, 0.25) is 0 Å². The molecule has 1 aromatic carbocycles. The first-order valence-corrected chi connectivity index (χ1v) is 7.86. The normalized spacial score (nSPS) is 18.7. The van der Waals surface area contributed by atoms with E-state index >= 15 is 0 Å². The lowest BCUT2D eigenvalue weighted by Gasteiger charge is -2.22. The number of fused-ring (bicyclic) bond motifs is 1. The average molecular weight is 315 g/mol. The van der Waals surface area contributed by atoms with Crippen molar-refractivity contribution in [3.8, 4) is 0 Å². The Kier molecular flexibility index (Phi) is 3.62. The fourth-order valence-corrected chi connectivity index (χ4v) is 3.33. The highest BCUT2D eigenvalue weighted by Gasteiger charge is 2.31. The molecule has 23 heavy (non-hydrogen) atoms. The lowest BCUT2D eigenvalue weighted by Crippen LogP contribution is -2.44. The molecule has 1 aliphatic rings. The van der Waals surface area contributed by atoms with Crippen molar-refractivity contribution in [1.29, 1.82) is 0 Å². The van der Waals surface area contributed by atoms with Crippen LogP contribution in [0.25, 0.3) is 11.0 Å². The number of aryl methyl sites for hydroxylation is 2.